The summed E-state index contributed by atoms with van der Waals surface area (Å²) in [6.45, 7) is 16.5. The fraction of sp³-hybridized carbons (Fsp3) is 0.268. The first-order chi connectivity index (χ1) is 32.1. The molecule has 5 aromatic carbocycles. The van der Waals surface area contributed by atoms with Crippen LogP contribution in [-0.4, -0.2) is 52.1 Å². The minimum absolute atomic E-state index is 0.000126. The van der Waals surface area contributed by atoms with Gasteiger partial charge in [0, 0.05) is 57.3 Å². The highest BCUT2D eigenvalue weighted by Crippen LogP contribution is 2.27. The van der Waals surface area contributed by atoms with E-state index in [9.17, 15) is 28.8 Å². The lowest BCUT2D eigenvalue weighted by atomic mass is 9.81. The lowest BCUT2D eigenvalue weighted by molar-refractivity contribution is -0.128. The van der Waals surface area contributed by atoms with Crippen LogP contribution in [0, 0.1) is 19.3 Å². The van der Waals surface area contributed by atoms with E-state index >= 15 is 0 Å². The second-order valence-corrected chi connectivity index (χ2v) is 17.9. The maximum Gasteiger partial charge on any atom is 0.267 e. The predicted molar refractivity (Wildman–Crippen MR) is 269 cm³/mol. The van der Waals surface area contributed by atoms with Crippen molar-refractivity contribution in [1.82, 2.24) is 4.98 Å². The van der Waals surface area contributed by atoms with E-state index in [1.54, 1.807) is 118 Å². The molecule has 0 bridgehead atoms. The van der Waals surface area contributed by atoms with Crippen molar-refractivity contribution in [3.8, 4) is 11.5 Å². The Balaban J connectivity index is 0.000000227. The maximum atomic E-state index is 12.8. The third-order valence-corrected chi connectivity index (χ3v) is 11.0. The van der Waals surface area contributed by atoms with Crippen molar-refractivity contribution >= 4 is 57.9 Å². The van der Waals surface area contributed by atoms with Crippen LogP contribution in [0.3, 0.4) is 0 Å². The first-order valence-corrected chi connectivity index (χ1v) is 22.5. The van der Waals surface area contributed by atoms with Gasteiger partial charge in [-0.25, -0.2) is 0 Å². The number of Topliss-reactive ketones (excluding diaryl/α,β-unsaturated/α-hetero) is 4. The van der Waals surface area contributed by atoms with Crippen molar-refractivity contribution < 1.29 is 38.2 Å². The second-order valence-electron chi connectivity index (χ2n) is 17.4. The highest BCUT2D eigenvalue weighted by Gasteiger charge is 2.30. The number of amides is 2. The Kier molecular flexibility index (Phi) is 19.7. The van der Waals surface area contributed by atoms with E-state index in [-0.39, 0.29) is 34.9 Å². The number of halogens is 1. The molecular formula is C56H60ClN3O8. The summed E-state index contributed by atoms with van der Waals surface area (Å²) in [6.07, 6.45) is 5.05. The molecule has 0 aliphatic rings. The first-order valence-electron chi connectivity index (χ1n) is 22.2. The van der Waals surface area contributed by atoms with E-state index in [2.05, 4.69) is 34.7 Å². The number of rotatable bonds is 17. The number of ketones is 4. The lowest BCUT2D eigenvalue weighted by Crippen LogP contribution is -2.42. The van der Waals surface area contributed by atoms with Gasteiger partial charge in [-0.2, -0.15) is 0 Å². The number of carbonyl (C=O) groups excluding carboxylic acids is 6. The summed E-state index contributed by atoms with van der Waals surface area (Å²) in [4.78, 5) is 74.9. The molecule has 0 radical (unpaired) electrons. The average Bonchev–Trinajstić information content (AvgIpc) is 3.30. The van der Waals surface area contributed by atoms with Crippen molar-refractivity contribution in [3.05, 3.63) is 184 Å². The van der Waals surface area contributed by atoms with Crippen LogP contribution in [0.5, 0.6) is 11.5 Å². The quantitative estimate of drug-likeness (QED) is 0.0671. The number of pyridine rings is 1. The maximum absolute atomic E-state index is 12.8. The number of nitrogens with one attached hydrogen (secondary N) is 2. The van der Waals surface area contributed by atoms with Crippen molar-refractivity contribution in [2.45, 2.75) is 87.2 Å². The summed E-state index contributed by atoms with van der Waals surface area (Å²) in [5.74, 6) is 1.08. The van der Waals surface area contributed by atoms with Crippen LogP contribution in [0.25, 0.3) is 0 Å². The van der Waals surface area contributed by atoms with Crippen LogP contribution in [0.1, 0.15) is 119 Å². The summed E-state index contributed by atoms with van der Waals surface area (Å²) in [5.41, 5.74) is 5.20. The molecule has 2 N–H and O–H groups in total. The Morgan fingerprint density at radius 3 is 1.87 bits per heavy atom. The number of benzene rings is 5. The summed E-state index contributed by atoms with van der Waals surface area (Å²) in [7, 11) is 0. The number of aryl methyl sites for hydroxylation is 2. The van der Waals surface area contributed by atoms with Crippen LogP contribution >= 0.6 is 11.6 Å². The SMILES string of the molecule is CC(=O)c1ccc(NC(=O)c2cccnc2)cc1.CC(=O)c1cccc(CC(=O)C(C)(C)CCCOc2cc(C)ccc2C)c1.CC(=O)c1cccc(NC(=O)C(C)(C)Oc2ccc(Cl)cc2)c1. The van der Waals surface area contributed by atoms with Crippen LogP contribution in [-0.2, 0) is 16.0 Å². The second kappa shape index (κ2) is 25.0. The molecule has 0 saturated carbocycles. The minimum Gasteiger partial charge on any atom is -0.493 e. The molecule has 0 spiro atoms. The molecule has 6 aromatic rings. The Morgan fingerprint density at radius 2 is 1.25 bits per heavy atom. The third kappa shape index (κ3) is 17.2. The van der Waals surface area contributed by atoms with Crippen molar-refractivity contribution in [1.29, 1.82) is 0 Å². The van der Waals surface area contributed by atoms with Crippen LogP contribution in [0.2, 0.25) is 5.02 Å². The largest absolute Gasteiger partial charge is 0.493 e. The molecule has 354 valence electrons. The Morgan fingerprint density at radius 1 is 0.632 bits per heavy atom. The van der Waals surface area contributed by atoms with Gasteiger partial charge in [0.25, 0.3) is 11.8 Å². The van der Waals surface area contributed by atoms with Crippen molar-refractivity contribution in [2.24, 2.45) is 5.41 Å². The van der Waals surface area contributed by atoms with Crippen LogP contribution < -0.4 is 20.1 Å². The van der Waals surface area contributed by atoms with E-state index in [1.165, 1.54) is 25.6 Å². The van der Waals surface area contributed by atoms with Crippen LogP contribution in [0.15, 0.2) is 140 Å². The molecule has 68 heavy (non-hydrogen) atoms. The Hall–Kier alpha value is -7.24. The van der Waals surface area contributed by atoms with E-state index in [1.807, 2.05) is 45.0 Å². The van der Waals surface area contributed by atoms with Gasteiger partial charge in [0.2, 0.25) is 0 Å². The van der Waals surface area contributed by atoms with Gasteiger partial charge in [-0.15, -0.1) is 0 Å². The van der Waals surface area contributed by atoms with Gasteiger partial charge < -0.3 is 20.1 Å². The number of anilines is 2. The number of aromatic nitrogens is 1. The molecular weight excluding hydrogens is 878 g/mol. The topological polar surface area (TPSA) is 158 Å². The molecule has 1 aromatic heterocycles. The molecule has 2 amide bonds. The van der Waals surface area contributed by atoms with Gasteiger partial charge >= 0.3 is 0 Å². The van der Waals surface area contributed by atoms with E-state index in [0.29, 0.717) is 57.4 Å². The monoisotopic (exact) mass is 937 g/mol. The number of ether oxygens (including phenoxy) is 2. The molecule has 11 nitrogen and oxygen atoms in total. The van der Waals surface area contributed by atoms with Gasteiger partial charge in [-0.1, -0.05) is 67.9 Å². The summed E-state index contributed by atoms with van der Waals surface area (Å²) in [5, 5.41) is 6.10. The zero-order chi connectivity index (χ0) is 50.0. The molecule has 1 heterocycles. The molecule has 12 heteroatoms. The fourth-order valence-electron chi connectivity index (χ4n) is 6.45. The molecule has 0 atom stereocenters. The number of carbonyl (C=O) groups is 6. The van der Waals surface area contributed by atoms with E-state index < -0.39 is 11.0 Å². The molecule has 0 aliphatic carbocycles. The Labute approximate surface area is 404 Å². The molecule has 0 fully saturated rings. The Bertz CT molecular complexity index is 2700. The van der Waals surface area contributed by atoms with Gasteiger partial charge in [0.15, 0.2) is 23.0 Å². The van der Waals surface area contributed by atoms with Gasteiger partial charge in [-0.05, 0) is 163 Å². The highest BCUT2D eigenvalue weighted by molar-refractivity contribution is 6.30. The molecule has 6 rings (SSSR count). The van der Waals surface area contributed by atoms with Gasteiger partial charge in [0.05, 0.1) is 12.2 Å². The summed E-state index contributed by atoms with van der Waals surface area (Å²) in [6, 6.07) is 37.3. The zero-order valence-corrected chi connectivity index (χ0v) is 41.0. The summed E-state index contributed by atoms with van der Waals surface area (Å²) >= 11 is 5.83. The number of nitrogens with zero attached hydrogens (tertiary/aromatic N) is 1. The van der Waals surface area contributed by atoms with Crippen LogP contribution in [0.4, 0.5) is 11.4 Å². The predicted octanol–water partition coefficient (Wildman–Crippen LogP) is 12.4. The lowest BCUT2D eigenvalue weighted by Gasteiger charge is -2.25. The normalized spacial score (nSPS) is 10.8. The number of hydrogen-bond acceptors (Lipinski definition) is 9. The van der Waals surface area contributed by atoms with Crippen molar-refractivity contribution in [3.63, 3.8) is 0 Å². The van der Waals surface area contributed by atoms with E-state index in [0.717, 1.165) is 29.7 Å². The third-order valence-electron chi connectivity index (χ3n) is 10.7. The summed E-state index contributed by atoms with van der Waals surface area (Å²) < 4.78 is 11.6. The highest BCUT2D eigenvalue weighted by atomic mass is 35.5. The first kappa shape index (κ1) is 53.4. The molecule has 0 unspecified atom stereocenters. The molecule has 0 saturated heterocycles. The smallest absolute Gasteiger partial charge is 0.267 e. The van der Waals surface area contributed by atoms with Crippen molar-refractivity contribution in [2.75, 3.05) is 17.2 Å². The average molecular weight is 939 g/mol. The van der Waals surface area contributed by atoms with Gasteiger partial charge in [-0.3, -0.25) is 33.8 Å². The fourth-order valence-corrected chi connectivity index (χ4v) is 6.58. The van der Waals surface area contributed by atoms with E-state index in [4.69, 9.17) is 21.1 Å². The zero-order valence-electron chi connectivity index (χ0n) is 40.2. The number of hydrogen-bond donors (Lipinski definition) is 2. The van der Waals surface area contributed by atoms with Gasteiger partial charge in [0.1, 0.15) is 17.3 Å². The standard InChI is InChI=1S/C24H30O3.C18H18ClNO3.C14H12N2O2/c1-17-10-11-18(2)22(14-17)27-13-7-12-24(4,5)23(26)16-20-8-6-9-21(15-20)19(3)25;1-12(21)13-5-4-6-15(11-13)20-17(22)18(2,3)23-16-9-7-14(19)8-10-16;1-10(17)11-4-6-13(7-5-11)16-14(18)12-3-2-8-15-9-12/h6,8-11,14-15H,7,12-13,16H2,1-5H3;4-11H,1-3H3,(H,20,22);2-9H,1H3,(H,16,18). The minimum atomic E-state index is -1.08. The molecule has 0 aliphatic heterocycles.